The summed E-state index contributed by atoms with van der Waals surface area (Å²) >= 11 is 6.77. The van der Waals surface area contributed by atoms with E-state index in [4.69, 9.17) is 22.0 Å². The van der Waals surface area contributed by atoms with Gasteiger partial charge >= 0.3 is 0 Å². The van der Waals surface area contributed by atoms with Crippen molar-refractivity contribution in [3.05, 3.63) is 10.0 Å². The van der Waals surface area contributed by atoms with Crippen LogP contribution < -0.4 is 5.32 Å². The molecule has 0 aromatic carbocycles. The number of nitrogens with zero attached hydrogens (tertiary/aromatic N) is 2. The first-order valence-corrected chi connectivity index (χ1v) is 4.38. The molecule has 0 unspecified atom stereocenters. The predicted octanol–water partition coefficient (Wildman–Crippen LogP) is 1.07. The van der Waals surface area contributed by atoms with Crippen molar-refractivity contribution in [3.8, 4) is 6.07 Å². The normalized spacial score (nSPS) is 9.42. The maximum atomic E-state index is 8.52. The van der Waals surface area contributed by atoms with E-state index in [9.17, 15) is 0 Å². The average molecular weight is 204 g/mol. The topological polar surface area (TPSA) is 68.9 Å². The molecule has 6 heteroatoms. The molecule has 0 fully saturated rings. The number of nitriles is 1. The van der Waals surface area contributed by atoms with E-state index < -0.39 is 0 Å². The minimum atomic E-state index is 0.0269. The zero-order valence-corrected chi connectivity index (χ0v) is 7.61. The Morgan fingerprint density at radius 3 is 3.00 bits per heavy atom. The molecule has 0 aliphatic rings. The van der Waals surface area contributed by atoms with Crippen molar-refractivity contribution in [1.29, 1.82) is 5.26 Å². The molecule has 0 radical (unpaired) electrons. The van der Waals surface area contributed by atoms with Crippen LogP contribution in [0.2, 0.25) is 5.15 Å². The third-order valence-electron chi connectivity index (χ3n) is 1.08. The van der Waals surface area contributed by atoms with Gasteiger partial charge in [-0.1, -0.05) is 22.9 Å². The van der Waals surface area contributed by atoms with E-state index in [1.165, 1.54) is 11.3 Å². The predicted molar refractivity (Wildman–Crippen MR) is 47.4 cm³/mol. The van der Waals surface area contributed by atoms with Crippen LogP contribution in [0.15, 0.2) is 0 Å². The lowest BCUT2D eigenvalue weighted by atomic mass is 10.6. The second kappa shape index (κ2) is 4.26. The molecule has 1 rings (SSSR count). The van der Waals surface area contributed by atoms with Gasteiger partial charge in [-0.15, -0.1) is 0 Å². The lowest BCUT2D eigenvalue weighted by molar-refractivity contribution is 0.311. The molecule has 64 valence electrons. The standard InChI is InChI=1S/C6H6ClN3OS/c7-5-4(3-8)12-6(10-5)9-1-2-11/h11H,1-2H2,(H,9,10). The van der Waals surface area contributed by atoms with Gasteiger partial charge in [0.15, 0.2) is 10.3 Å². The van der Waals surface area contributed by atoms with Crippen LogP contribution in [-0.4, -0.2) is 23.2 Å². The summed E-state index contributed by atoms with van der Waals surface area (Å²) in [5, 5.41) is 20.6. The molecule has 1 aromatic heterocycles. The van der Waals surface area contributed by atoms with Crippen molar-refractivity contribution < 1.29 is 5.11 Å². The molecule has 0 spiro atoms. The molecular weight excluding hydrogens is 198 g/mol. The van der Waals surface area contributed by atoms with E-state index in [-0.39, 0.29) is 11.8 Å². The van der Waals surface area contributed by atoms with Gasteiger partial charge < -0.3 is 10.4 Å². The molecule has 2 N–H and O–H groups in total. The van der Waals surface area contributed by atoms with E-state index in [0.717, 1.165) is 0 Å². The van der Waals surface area contributed by atoms with Crippen LogP contribution in [0, 0.1) is 11.3 Å². The van der Waals surface area contributed by atoms with Gasteiger partial charge in [-0.05, 0) is 0 Å². The highest BCUT2D eigenvalue weighted by molar-refractivity contribution is 7.16. The Balaban J connectivity index is 2.70. The zero-order chi connectivity index (χ0) is 8.97. The number of aliphatic hydroxyl groups excluding tert-OH is 1. The van der Waals surface area contributed by atoms with Crippen LogP contribution in [0.5, 0.6) is 0 Å². The van der Waals surface area contributed by atoms with Gasteiger partial charge in [0.2, 0.25) is 0 Å². The summed E-state index contributed by atoms with van der Waals surface area (Å²) in [6.07, 6.45) is 0. The highest BCUT2D eigenvalue weighted by atomic mass is 35.5. The second-order valence-corrected chi connectivity index (χ2v) is 3.26. The number of halogens is 1. The highest BCUT2D eigenvalue weighted by Gasteiger charge is 2.06. The van der Waals surface area contributed by atoms with Crippen LogP contribution in [0.25, 0.3) is 0 Å². The third kappa shape index (κ3) is 2.08. The van der Waals surface area contributed by atoms with Crippen LogP contribution in [0.3, 0.4) is 0 Å². The van der Waals surface area contributed by atoms with Crippen LogP contribution in [0.4, 0.5) is 5.13 Å². The maximum Gasteiger partial charge on any atom is 0.185 e. The van der Waals surface area contributed by atoms with Crippen molar-refractivity contribution >= 4 is 28.1 Å². The Kier molecular flexibility index (Phi) is 3.29. The van der Waals surface area contributed by atoms with Gasteiger partial charge in [0.05, 0.1) is 6.61 Å². The molecule has 1 heterocycles. The summed E-state index contributed by atoms with van der Waals surface area (Å²) in [5.74, 6) is 0. The van der Waals surface area contributed by atoms with E-state index in [2.05, 4.69) is 10.3 Å². The van der Waals surface area contributed by atoms with Gasteiger partial charge in [-0.2, -0.15) is 5.26 Å². The molecule has 0 atom stereocenters. The van der Waals surface area contributed by atoms with Crippen LogP contribution >= 0.6 is 22.9 Å². The van der Waals surface area contributed by atoms with Gasteiger partial charge in [0, 0.05) is 6.54 Å². The fourth-order valence-corrected chi connectivity index (χ4v) is 1.58. The van der Waals surface area contributed by atoms with E-state index in [1.54, 1.807) is 0 Å². The SMILES string of the molecule is N#Cc1sc(NCCO)nc1Cl. The summed E-state index contributed by atoms with van der Waals surface area (Å²) in [7, 11) is 0. The first-order valence-electron chi connectivity index (χ1n) is 3.19. The number of anilines is 1. The van der Waals surface area contributed by atoms with E-state index >= 15 is 0 Å². The minimum Gasteiger partial charge on any atom is -0.395 e. The molecule has 12 heavy (non-hydrogen) atoms. The molecule has 0 saturated heterocycles. The lowest BCUT2D eigenvalue weighted by Gasteiger charge is -1.95. The molecule has 0 aliphatic heterocycles. The quantitative estimate of drug-likeness (QED) is 0.771. The molecule has 0 bridgehead atoms. The average Bonchev–Trinajstić information content (AvgIpc) is 2.43. The summed E-state index contributed by atoms with van der Waals surface area (Å²) in [6, 6.07) is 1.91. The summed E-state index contributed by atoms with van der Waals surface area (Å²) in [5.41, 5.74) is 0. The minimum absolute atomic E-state index is 0.0269. The van der Waals surface area contributed by atoms with Gasteiger partial charge in [-0.3, -0.25) is 0 Å². The zero-order valence-electron chi connectivity index (χ0n) is 6.04. The first kappa shape index (κ1) is 9.26. The van der Waals surface area contributed by atoms with Crippen LogP contribution in [-0.2, 0) is 0 Å². The maximum absolute atomic E-state index is 8.52. The van der Waals surface area contributed by atoms with Crippen molar-refractivity contribution in [2.24, 2.45) is 0 Å². The third-order valence-corrected chi connectivity index (χ3v) is 2.38. The molecule has 0 amide bonds. The number of aromatic nitrogens is 1. The molecule has 1 aromatic rings. The van der Waals surface area contributed by atoms with E-state index in [1.807, 2.05) is 6.07 Å². The smallest absolute Gasteiger partial charge is 0.185 e. The number of hydrogen-bond donors (Lipinski definition) is 2. The summed E-state index contributed by atoms with van der Waals surface area (Å²) in [4.78, 5) is 4.24. The van der Waals surface area contributed by atoms with Crippen LogP contribution in [0.1, 0.15) is 4.88 Å². The number of nitrogens with one attached hydrogen (secondary N) is 1. The second-order valence-electron chi connectivity index (χ2n) is 1.90. The summed E-state index contributed by atoms with van der Waals surface area (Å²) < 4.78 is 0. The Hall–Kier alpha value is -0.830. The van der Waals surface area contributed by atoms with Crippen molar-refractivity contribution in [2.45, 2.75) is 0 Å². The van der Waals surface area contributed by atoms with Gasteiger partial charge in [-0.25, -0.2) is 4.98 Å². The Labute approximate surface area is 78.4 Å². The molecule has 4 nitrogen and oxygen atoms in total. The van der Waals surface area contributed by atoms with Gasteiger partial charge in [0.1, 0.15) is 10.9 Å². The molecule has 0 aliphatic carbocycles. The number of rotatable bonds is 3. The molecular formula is C6H6ClN3OS. The van der Waals surface area contributed by atoms with E-state index in [0.29, 0.717) is 16.6 Å². The van der Waals surface area contributed by atoms with Crippen molar-refractivity contribution in [3.63, 3.8) is 0 Å². The summed E-state index contributed by atoms with van der Waals surface area (Å²) in [6.45, 7) is 0.438. The fourth-order valence-electron chi connectivity index (χ4n) is 0.609. The largest absolute Gasteiger partial charge is 0.395 e. The number of hydrogen-bond acceptors (Lipinski definition) is 5. The number of thiazole rings is 1. The van der Waals surface area contributed by atoms with Gasteiger partial charge in [0.25, 0.3) is 0 Å². The monoisotopic (exact) mass is 203 g/mol. The number of aliphatic hydroxyl groups is 1. The van der Waals surface area contributed by atoms with Crippen molar-refractivity contribution in [1.82, 2.24) is 4.98 Å². The first-order chi connectivity index (χ1) is 5.77. The lowest BCUT2D eigenvalue weighted by Crippen LogP contribution is -2.04. The Morgan fingerprint density at radius 2 is 2.50 bits per heavy atom. The Bertz CT molecular complexity index is 306. The Morgan fingerprint density at radius 1 is 1.75 bits per heavy atom. The fraction of sp³-hybridized carbons (Fsp3) is 0.333. The van der Waals surface area contributed by atoms with Crippen molar-refractivity contribution in [2.75, 3.05) is 18.5 Å². The molecule has 0 saturated carbocycles. The highest BCUT2D eigenvalue weighted by Crippen LogP contribution is 2.25.